The van der Waals surface area contributed by atoms with Crippen LogP contribution in [0.3, 0.4) is 0 Å². The quantitative estimate of drug-likeness (QED) is 0.0433. The first-order valence-corrected chi connectivity index (χ1v) is 21.6. The first kappa shape index (κ1) is 49.7. The summed E-state index contributed by atoms with van der Waals surface area (Å²) >= 11 is 0. The Kier molecular flexibility index (Phi) is 23.8. The molecule has 4 atom stereocenters. The molecule has 0 aromatic heterocycles. The van der Waals surface area contributed by atoms with Gasteiger partial charge in [-0.05, 0) is 50.6 Å². The zero-order valence-electron chi connectivity index (χ0n) is 25.9. The zero-order valence-corrected chi connectivity index (χ0v) is 32.2. The first-order valence-electron chi connectivity index (χ1n) is 13.6. The predicted molar refractivity (Wildman–Crippen MR) is 166 cm³/mol. The van der Waals surface area contributed by atoms with Gasteiger partial charge < -0.3 is 44.7 Å². The summed E-state index contributed by atoms with van der Waals surface area (Å²) in [5.74, 6) is -9.38. The molecular formula is C16H39N4O24P7+4. The van der Waals surface area contributed by atoms with Crippen LogP contribution in [-0.2, 0) is 50.0 Å². The Morgan fingerprint density at radius 2 is 0.784 bits per heavy atom. The van der Waals surface area contributed by atoms with Crippen molar-refractivity contribution in [2.24, 2.45) is 0 Å². The lowest BCUT2D eigenvalue weighted by atomic mass is 10.2. The van der Waals surface area contributed by atoms with Crippen LogP contribution in [0.2, 0.25) is 0 Å². The van der Waals surface area contributed by atoms with Crippen LogP contribution < -0.4 is 0 Å². The van der Waals surface area contributed by atoms with E-state index >= 15 is 0 Å². The summed E-state index contributed by atoms with van der Waals surface area (Å²) in [4.78, 5) is 96.8. The van der Waals surface area contributed by atoms with E-state index in [1.54, 1.807) is 0 Å². The summed E-state index contributed by atoms with van der Waals surface area (Å²) in [6.45, 7) is -4.32. The fourth-order valence-corrected chi connectivity index (χ4v) is 7.05. The number of rotatable bonds is 20. The van der Waals surface area contributed by atoms with Crippen molar-refractivity contribution in [3.8, 4) is 0 Å². The highest BCUT2D eigenvalue weighted by atomic mass is 31.2. The molecule has 0 spiro atoms. The Balaban J connectivity index is 3.52. The second-order valence-electron chi connectivity index (χ2n) is 9.94. The van der Waals surface area contributed by atoms with Crippen LogP contribution in [0, 0.1) is 0 Å². The summed E-state index contributed by atoms with van der Waals surface area (Å²) < 4.78 is 77.3. The van der Waals surface area contributed by atoms with Crippen LogP contribution in [-0.4, -0.2) is 174 Å². The van der Waals surface area contributed by atoms with E-state index in [4.69, 9.17) is 4.62 Å². The maximum atomic E-state index is 11.4. The van der Waals surface area contributed by atoms with E-state index in [1.807, 2.05) is 0 Å². The monoisotopic (exact) mass is 888 g/mol. The fraction of sp³-hybridized carbons (Fsp3) is 1.00. The molecule has 0 aromatic rings. The average Bonchev–Trinajstić information content (AvgIpc) is 2.90. The molecule has 1 rings (SSSR count). The van der Waals surface area contributed by atoms with Crippen LogP contribution in [0.5, 0.6) is 0 Å². The van der Waals surface area contributed by atoms with Gasteiger partial charge in [0.1, 0.15) is 0 Å². The van der Waals surface area contributed by atoms with Crippen LogP contribution in [0.15, 0.2) is 0 Å². The molecule has 1 fully saturated rings. The Morgan fingerprint density at radius 3 is 1.10 bits per heavy atom. The Bertz CT molecular complexity index is 1080. The molecule has 0 amide bonds. The van der Waals surface area contributed by atoms with E-state index in [9.17, 15) is 82.5 Å². The summed E-state index contributed by atoms with van der Waals surface area (Å²) in [7, 11) is -24.2. The fourth-order valence-electron chi connectivity index (χ4n) is 4.45. The van der Waals surface area contributed by atoms with Crippen LogP contribution in [0.4, 0.5) is 0 Å². The highest BCUT2D eigenvalue weighted by molar-refractivity contribution is 7.40. The molecule has 0 radical (unpaired) electrons. The molecular weight excluding hydrogens is 849 g/mol. The van der Waals surface area contributed by atoms with Gasteiger partial charge in [0.25, 0.3) is 0 Å². The van der Waals surface area contributed by atoms with E-state index < -0.39 is 96.4 Å². The standard InChI is InChI=1S/C16H35N4O24P7/c21-14(38-45(24)25,39-46(26)27)11-17-3-1-4-19(13-16(23,42-49(32)33)43-50(34)35)9-10-20(44-51(36)37)6-2-5-18(8-7-17)12-15(22,40-47(28)29)41-48(30)31/h21-23,32-37H,1-13H2/p+4. The number of aliphatic hydroxyl groups is 3. The van der Waals surface area contributed by atoms with E-state index in [1.165, 1.54) is 14.7 Å². The minimum atomic E-state index is -3.64. The molecule has 4 unspecified atom stereocenters. The van der Waals surface area contributed by atoms with E-state index in [-0.39, 0.29) is 65.2 Å². The van der Waals surface area contributed by atoms with E-state index in [2.05, 4.69) is 27.1 Å². The molecule has 0 aliphatic carbocycles. The summed E-state index contributed by atoms with van der Waals surface area (Å²) in [6, 6.07) is 0. The van der Waals surface area contributed by atoms with E-state index in [0.29, 0.717) is 0 Å². The SMILES string of the molecule is O=[P+](O)OC(O)(CN1CCCN(CC(O)(OP(O)O)OP(O)O)CCN(OP(O)O)CCCN(CC(O)(O[P+](=O)O)O[P+](=O)O)CC1)O[P+](=O)O. The largest absolute Gasteiger partial charge is 0.700 e. The predicted octanol–water partition coefficient (Wildman–Crippen LogP) is -2.81. The topological polar surface area (TPSA) is 409 Å². The van der Waals surface area contributed by atoms with Crippen LogP contribution >= 0.6 is 58.8 Å². The molecule has 1 heterocycles. The van der Waals surface area contributed by atoms with Crippen molar-refractivity contribution < 1.29 is 114 Å². The van der Waals surface area contributed by atoms with Gasteiger partial charge in [0.2, 0.25) is 0 Å². The van der Waals surface area contributed by atoms with Crippen LogP contribution in [0.25, 0.3) is 0 Å². The molecule has 298 valence electrons. The van der Waals surface area contributed by atoms with Crippen molar-refractivity contribution in [3.05, 3.63) is 0 Å². The first-order chi connectivity index (χ1) is 23.5. The third-order valence-corrected chi connectivity index (χ3v) is 9.06. The van der Waals surface area contributed by atoms with Gasteiger partial charge in [0.05, 0.1) is 19.6 Å². The van der Waals surface area contributed by atoms with Crippen molar-refractivity contribution >= 4 is 58.8 Å². The Hall–Kier alpha value is 0.730. The third-order valence-electron chi connectivity index (χ3n) is 6.02. The van der Waals surface area contributed by atoms with Crippen LogP contribution in [0.1, 0.15) is 12.8 Å². The average molecular weight is 888 g/mol. The van der Waals surface area contributed by atoms with Gasteiger partial charge in [0.15, 0.2) is 0 Å². The molecule has 0 aromatic carbocycles. The maximum Gasteiger partial charge on any atom is 0.700 e. The number of β-amino-alcohol motifs (C(OH)–C–C–N with tert-alkyl or cyclic N) is 3. The number of hydrogen-bond donors (Lipinski definition) is 13. The van der Waals surface area contributed by atoms with Gasteiger partial charge in [-0.15, -0.1) is 19.6 Å². The minimum absolute atomic E-state index is 0.0172. The summed E-state index contributed by atoms with van der Waals surface area (Å²) in [6.07, 6.45) is -0.0703. The molecule has 0 bridgehead atoms. The molecule has 1 saturated heterocycles. The highest BCUT2D eigenvalue weighted by Gasteiger charge is 2.51. The third kappa shape index (κ3) is 23.4. The summed E-state index contributed by atoms with van der Waals surface area (Å²) in [5, 5.41) is 33.0. The molecule has 51 heavy (non-hydrogen) atoms. The van der Waals surface area contributed by atoms with Gasteiger partial charge in [0, 0.05) is 51.0 Å². The number of hydroxylamine groups is 2. The zero-order chi connectivity index (χ0) is 39.0. The Labute approximate surface area is 295 Å². The highest BCUT2D eigenvalue weighted by Crippen LogP contribution is 2.40. The van der Waals surface area contributed by atoms with Crippen molar-refractivity contribution in [1.82, 2.24) is 19.8 Å². The molecule has 13 N–H and O–H groups in total. The van der Waals surface area contributed by atoms with Crippen molar-refractivity contribution in [1.29, 1.82) is 0 Å². The van der Waals surface area contributed by atoms with Gasteiger partial charge in [-0.3, -0.25) is 23.7 Å². The smallest absolute Gasteiger partial charge is 0.342 e. The maximum absolute atomic E-state index is 11.4. The van der Waals surface area contributed by atoms with Gasteiger partial charge in [-0.1, -0.05) is 0 Å². The lowest BCUT2D eigenvalue weighted by Gasteiger charge is -2.35. The van der Waals surface area contributed by atoms with Crippen molar-refractivity contribution in [3.63, 3.8) is 0 Å². The second-order valence-corrected chi connectivity index (χ2v) is 14.6. The molecule has 28 nitrogen and oxygen atoms in total. The lowest BCUT2D eigenvalue weighted by Crippen LogP contribution is -2.51. The minimum Gasteiger partial charge on any atom is -0.342 e. The molecule has 1 aliphatic heterocycles. The van der Waals surface area contributed by atoms with Gasteiger partial charge in [-0.25, -0.2) is 4.62 Å². The van der Waals surface area contributed by atoms with Gasteiger partial charge in [-0.2, -0.15) is 5.06 Å². The molecule has 35 heteroatoms. The Morgan fingerprint density at radius 1 is 0.471 bits per heavy atom. The molecule has 0 saturated carbocycles. The lowest BCUT2D eigenvalue weighted by molar-refractivity contribution is -0.287. The van der Waals surface area contributed by atoms with E-state index in [0.717, 1.165) is 5.06 Å². The van der Waals surface area contributed by atoms with Crippen molar-refractivity contribution in [2.75, 3.05) is 72.0 Å². The number of hydrogen-bond acceptors (Lipinski definition) is 24. The second kappa shape index (κ2) is 24.4. The summed E-state index contributed by atoms with van der Waals surface area (Å²) in [5.41, 5.74) is 0. The van der Waals surface area contributed by atoms with Gasteiger partial charge >= 0.3 is 76.7 Å². The van der Waals surface area contributed by atoms with Crippen molar-refractivity contribution in [2.45, 2.75) is 30.8 Å². The number of nitrogens with zero attached hydrogens (tertiary/aromatic N) is 4. The normalized spacial score (nSPS) is 21.3. The molecule has 1 aliphatic rings.